The average molecular weight is 394 g/mol. The van der Waals surface area contributed by atoms with Gasteiger partial charge in [0, 0.05) is 9.99 Å². The maximum atomic E-state index is 10.7. The molecule has 1 atom stereocenters. The number of hydrogen-bond acceptors (Lipinski definition) is 2. The summed E-state index contributed by atoms with van der Waals surface area (Å²) in [6.45, 7) is 2.69. The fourth-order valence-corrected chi connectivity index (χ4v) is 3.10. The van der Waals surface area contributed by atoms with E-state index in [-0.39, 0.29) is 0 Å². The summed E-state index contributed by atoms with van der Waals surface area (Å²) in [6.07, 6.45) is 2.58. The van der Waals surface area contributed by atoms with Crippen molar-refractivity contribution < 1.29 is 9.84 Å². The highest BCUT2D eigenvalue weighted by Crippen LogP contribution is 2.30. The molecule has 2 nitrogen and oxygen atoms in total. The van der Waals surface area contributed by atoms with Gasteiger partial charge in [-0.05, 0) is 77.2 Å². The van der Waals surface area contributed by atoms with Crippen molar-refractivity contribution in [2.75, 3.05) is 6.61 Å². The molecule has 0 aliphatic carbocycles. The molecule has 110 valence electrons. The number of halogens is 1. The van der Waals surface area contributed by atoms with Crippen molar-refractivity contribution in [3.8, 4) is 5.75 Å². The monoisotopic (exact) mass is 394 g/mol. The van der Waals surface area contributed by atoms with Crippen LogP contribution in [0, 0.1) is 3.57 Å². The third-order valence-corrected chi connectivity index (χ3v) is 4.84. The van der Waals surface area contributed by atoms with E-state index in [1.807, 2.05) is 31.2 Å². The lowest BCUT2D eigenvalue weighted by Crippen LogP contribution is -2.22. The SMILES string of the molecule is CC(O)(CCc1ccc2c(c1)CCO2)c1ccc(I)cc1. The number of benzene rings is 2. The molecular weight excluding hydrogens is 375 g/mol. The first kappa shape index (κ1) is 14.9. The fraction of sp³-hybridized carbons (Fsp3) is 0.333. The van der Waals surface area contributed by atoms with Crippen LogP contribution < -0.4 is 4.74 Å². The molecule has 3 rings (SSSR count). The van der Waals surface area contributed by atoms with Gasteiger partial charge in [0.05, 0.1) is 12.2 Å². The van der Waals surface area contributed by atoms with Gasteiger partial charge in [-0.3, -0.25) is 0 Å². The minimum atomic E-state index is -0.792. The molecular formula is C18H19IO2. The van der Waals surface area contributed by atoms with Crippen molar-refractivity contribution in [2.24, 2.45) is 0 Å². The van der Waals surface area contributed by atoms with Gasteiger partial charge in [-0.15, -0.1) is 0 Å². The van der Waals surface area contributed by atoms with Gasteiger partial charge in [-0.25, -0.2) is 0 Å². The van der Waals surface area contributed by atoms with Crippen LogP contribution in [0.25, 0.3) is 0 Å². The molecule has 21 heavy (non-hydrogen) atoms. The Labute approximate surface area is 139 Å². The highest BCUT2D eigenvalue weighted by molar-refractivity contribution is 14.1. The third kappa shape index (κ3) is 3.40. The van der Waals surface area contributed by atoms with Crippen LogP contribution >= 0.6 is 22.6 Å². The number of aryl methyl sites for hydroxylation is 1. The smallest absolute Gasteiger partial charge is 0.122 e. The first-order valence-corrected chi connectivity index (χ1v) is 8.35. The molecule has 1 unspecified atom stereocenters. The van der Waals surface area contributed by atoms with E-state index in [0.717, 1.165) is 30.8 Å². The van der Waals surface area contributed by atoms with Crippen molar-refractivity contribution in [1.29, 1.82) is 0 Å². The van der Waals surface area contributed by atoms with Crippen LogP contribution in [0.3, 0.4) is 0 Å². The molecule has 0 fully saturated rings. The summed E-state index contributed by atoms with van der Waals surface area (Å²) < 4.78 is 6.72. The molecule has 1 heterocycles. The van der Waals surface area contributed by atoms with E-state index in [1.54, 1.807) is 0 Å². The Balaban J connectivity index is 1.70. The van der Waals surface area contributed by atoms with E-state index in [1.165, 1.54) is 14.7 Å². The van der Waals surface area contributed by atoms with Crippen molar-refractivity contribution in [3.05, 3.63) is 62.7 Å². The average Bonchev–Trinajstić information content (AvgIpc) is 2.93. The summed E-state index contributed by atoms with van der Waals surface area (Å²) in [5, 5.41) is 10.7. The van der Waals surface area contributed by atoms with Crippen LogP contribution in [-0.4, -0.2) is 11.7 Å². The summed E-state index contributed by atoms with van der Waals surface area (Å²) in [6, 6.07) is 14.5. The normalized spacial score (nSPS) is 16.1. The molecule has 3 heteroatoms. The molecule has 0 spiro atoms. The van der Waals surface area contributed by atoms with Gasteiger partial charge in [0.15, 0.2) is 0 Å². The second-order valence-electron chi connectivity index (χ2n) is 5.82. The third-order valence-electron chi connectivity index (χ3n) is 4.12. The molecule has 0 radical (unpaired) electrons. The molecule has 1 aliphatic rings. The lowest BCUT2D eigenvalue weighted by atomic mass is 9.89. The van der Waals surface area contributed by atoms with Crippen LogP contribution in [0.2, 0.25) is 0 Å². The van der Waals surface area contributed by atoms with Gasteiger partial charge >= 0.3 is 0 Å². The van der Waals surface area contributed by atoms with Crippen molar-refractivity contribution in [1.82, 2.24) is 0 Å². The Bertz CT molecular complexity index is 632. The Morgan fingerprint density at radius 2 is 1.95 bits per heavy atom. The highest BCUT2D eigenvalue weighted by Gasteiger charge is 2.23. The minimum absolute atomic E-state index is 0.716. The maximum absolute atomic E-state index is 10.7. The molecule has 0 bridgehead atoms. The quantitative estimate of drug-likeness (QED) is 0.793. The molecule has 1 N–H and O–H groups in total. The van der Waals surface area contributed by atoms with Gasteiger partial charge in [0.2, 0.25) is 0 Å². The van der Waals surface area contributed by atoms with E-state index in [0.29, 0.717) is 6.42 Å². The Morgan fingerprint density at radius 1 is 1.19 bits per heavy atom. The standard InChI is InChI=1S/C18H19IO2/c1-18(20,15-3-5-16(19)6-4-15)10-8-13-2-7-17-14(12-13)9-11-21-17/h2-7,12,20H,8-11H2,1H3. The van der Waals surface area contributed by atoms with E-state index in [9.17, 15) is 5.11 Å². The first-order valence-electron chi connectivity index (χ1n) is 7.28. The summed E-state index contributed by atoms with van der Waals surface area (Å²) in [7, 11) is 0. The second kappa shape index (κ2) is 5.97. The number of ether oxygens (including phenoxy) is 1. The number of rotatable bonds is 4. The van der Waals surface area contributed by atoms with Crippen molar-refractivity contribution >= 4 is 22.6 Å². The van der Waals surface area contributed by atoms with Crippen LogP contribution in [0.4, 0.5) is 0 Å². The van der Waals surface area contributed by atoms with E-state index >= 15 is 0 Å². The lowest BCUT2D eigenvalue weighted by molar-refractivity contribution is 0.0480. The molecule has 0 saturated heterocycles. The molecule has 2 aromatic rings. The molecule has 2 aromatic carbocycles. The maximum Gasteiger partial charge on any atom is 0.122 e. The minimum Gasteiger partial charge on any atom is -0.493 e. The Morgan fingerprint density at radius 3 is 2.71 bits per heavy atom. The number of aliphatic hydroxyl groups is 1. The first-order chi connectivity index (χ1) is 10.0. The van der Waals surface area contributed by atoms with Gasteiger partial charge in [-0.1, -0.05) is 24.3 Å². The summed E-state index contributed by atoms with van der Waals surface area (Å²) in [5.74, 6) is 1.02. The van der Waals surface area contributed by atoms with E-state index < -0.39 is 5.60 Å². The summed E-state index contributed by atoms with van der Waals surface area (Å²) >= 11 is 2.28. The van der Waals surface area contributed by atoms with Gasteiger partial charge in [0.25, 0.3) is 0 Å². The second-order valence-corrected chi connectivity index (χ2v) is 7.07. The summed E-state index contributed by atoms with van der Waals surface area (Å²) in [5.41, 5.74) is 2.75. The Kier molecular flexibility index (Phi) is 4.22. The Hall–Kier alpha value is -1.07. The molecule has 0 saturated carbocycles. The highest BCUT2D eigenvalue weighted by atomic mass is 127. The topological polar surface area (TPSA) is 29.5 Å². The zero-order valence-corrected chi connectivity index (χ0v) is 14.3. The molecule has 1 aliphatic heterocycles. The van der Waals surface area contributed by atoms with Crippen LogP contribution in [0.5, 0.6) is 5.75 Å². The summed E-state index contributed by atoms with van der Waals surface area (Å²) in [4.78, 5) is 0. The van der Waals surface area contributed by atoms with Gasteiger partial charge < -0.3 is 9.84 Å². The lowest BCUT2D eigenvalue weighted by Gasteiger charge is -2.24. The number of fused-ring (bicyclic) bond motifs is 1. The molecule has 0 amide bonds. The predicted molar refractivity (Wildman–Crippen MR) is 92.7 cm³/mol. The van der Waals surface area contributed by atoms with E-state index in [4.69, 9.17) is 4.74 Å². The number of hydrogen-bond donors (Lipinski definition) is 1. The van der Waals surface area contributed by atoms with Crippen LogP contribution in [0.15, 0.2) is 42.5 Å². The van der Waals surface area contributed by atoms with Crippen LogP contribution in [0.1, 0.15) is 30.0 Å². The molecule has 0 aromatic heterocycles. The van der Waals surface area contributed by atoms with Crippen molar-refractivity contribution in [2.45, 2.75) is 31.8 Å². The van der Waals surface area contributed by atoms with Crippen LogP contribution in [-0.2, 0) is 18.4 Å². The fourth-order valence-electron chi connectivity index (χ4n) is 2.74. The zero-order valence-electron chi connectivity index (χ0n) is 12.1. The van der Waals surface area contributed by atoms with E-state index in [2.05, 4.69) is 40.8 Å². The van der Waals surface area contributed by atoms with Crippen molar-refractivity contribution in [3.63, 3.8) is 0 Å². The largest absolute Gasteiger partial charge is 0.493 e. The van der Waals surface area contributed by atoms with Gasteiger partial charge in [-0.2, -0.15) is 0 Å². The predicted octanol–water partition coefficient (Wildman–Crippen LogP) is 4.07. The zero-order chi connectivity index (χ0) is 14.9. The van der Waals surface area contributed by atoms with Gasteiger partial charge in [0.1, 0.15) is 5.75 Å².